The Morgan fingerprint density at radius 2 is 1.81 bits per heavy atom. The second kappa shape index (κ2) is 7.92. The van der Waals surface area contributed by atoms with Crippen LogP contribution >= 0.6 is 0 Å². The first kappa shape index (κ1) is 17.1. The Hall–Kier alpha value is -2.33. The molecule has 0 spiro atoms. The minimum atomic E-state index is -0.404. The van der Waals surface area contributed by atoms with Gasteiger partial charge in [-0.25, -0.2) is 4.79 Å². The molecule has 2 aromatic rings. The first-order valence-corrected chi connectivity index (χ1v) is 9.61. The number of benzene rings is 2. The number of hydrogen-bond acceptors (Lipinski definition) is 3. The lowest BCUT2D eigenvalue weighted by molar-refractivity contribution is 0.133. The SMILES string of the molecule is O=C(Nc1ccc2c(c1)CCN(C1CCC1)CC2)OCc1ccccc1. The Kier molecular flexibility index (Phi) is 5.21. The maximum Gasteiger partial charge on any atom is 0.411 e. The molecule has 2 aromatic carbocycles. The second-order valence-electron chi connectivity index (χ2n) is 7.29. The predicted octanol–water partition coefficient (Wildman–Crippen LogP) is 4.39. The van der Waals surface area contributed by atoms with Crippen molar-refractivity contribution in [2.45, 2.75) is 44.8 Å². The minimum Gasteiger partial charge on any atom is -0.444 e. The van der Waals surface area contributed by atoms with Crippen molar-refractivity contribution >= 4 is 11.8 Å². The zero-order valence-electron chi connectivity index (χ0n) is 15.1. The van der Waals surface area contributed by atoms with Gasteiger partial charge in [-0.2, -0.15) is 0 Å². The number of carbonyl (C=O) groups excluding carboxylic acids is 1. The molecule has 2 aliphatic rings. The first-order chi connectivity index (χ1) is 12.8. The average Bonchev–Trinajstić information content (AvgIpc) is 2.82. The smallest absolute Gasteiger partial charge is 0.411 e. The van der Waals surface area contributed by atoms with Gasteiger partial charge in [0.1, 0.15) is 6.61 Å². The lowest BCUT2D eigenvalue weighted by atomic mass is 9.91. The van der Waals surface area contributed by atoms with Crippen LogP contribution in [0.15, 0.2) is 48.5 Å². The fourth-order valence-electron chi connectivity index (χ4n) is 3.81. The number of ether oxygens (including phenoxy) is 1. The summed E-state index contributed by atoms with van der Waals surface area (Å²) in [6.45, 7) is 2.57. The quantitative estimate of drug-likeness (QED) is 0.889. The molecule has 4 rings (SSSR count). The molecular formula is C22H26N2O2. The third-order valence-electron chi connectivity index (χ3n) is 5.59. The van der Waals surface area contributed by atoms with Gasteiger partial charge in [0.05, 0.1) is 0 Å². The molecule has 4 nitrogen and oxygen atoms in total. The highest BCUT2D eigenvalue weighted by atomic mass is 16.5. The molecule has 0 unspecified atom stereocenters. The normalized spacial score (nSPS) is 17.7. The van der Waals surface area contributed by atoms with Gasteiger partial charge in [-0.05, 0) is 54.5 Å². The van der Waals surface area contributed by atoms with Crippen molar-refractivity contribution in [2.75, 3.05) is 18.4 Å². The van der Waals surface area contributed by atoms with Crippen molar-refractivity contribution < 1.29 is 9.53 Å². The molecule has 0 radical (unpaired) electrons. The molecule has 1 fully saturated rings. The van der Waals surface area contributed by atoms with Crippen LogP contribution < -0.4 is 5.32 Å². The molecule has 0 aromatic heterocycles. The fourth-order valence-corrected chi connectivity index (χ4v) is 3.81. The molecule has 1 amide bonds. The van der Waals surface area contributed by atoms with E-state index >= 15 is 0 Å². The summed E-state index contributed by atoms with van der Waals surface area (Å²) in [7, 11) is 0. The summed E-state index contributed by atoms with van der Waals surface area (Å²) in [4.78, 5) is 14.7. The van der Waals surface area contributed by atoms with E-state index in [1.807, 2.05) is 36.4 Å². The third kappa shape index (κ3) is 4.07. The number of anilines is 1. The van der Waals surface area contributed by atoms with E-state index in [2.05, 4.69) is 22.3 Å². The summed E-state index contributed by atoms with van der Waals surface area (Å²) in [6.07, 6.45) is 5.85. The summed E-state index contributed by atoms with van der Waals surface area (Å²) < 4.78 is 5.31. The highest BCUT2D eigenvalue weighted by Gasteiger charge is 2.26. The van der Waals surface area contributed by atoms with E-state index in [4.69, 9.17) is 4.74 Å². The maximum atomic E-state index is 12.1. The van der Waals surface area contributed by atoms with Gasteiger partial charge >= 0.3 is 6.09 Å². The third-order valence-corrected chi connectivity index (χ3v) is 5.59. The van der Waals surface area contributed by atoms with Crippen molar-refractivity contribution in [1.82, 2.24) is 4.90 Å². The molecule has 1 aliphatic heterocycles. The summed E-state index contributed by atoms with van der Waals surface area (Å²) >= 11 is 0. The number of nitrogens with one attached hydrogen (secondary N) is 1. The van der Waals surface area contributed by atoms with Crippen molar-refractivity contribution in [3.8, 4) is 0 Å². The highest BCUT2D eigenvalue weighted by molar-refractivity contribution is 5.84. The molecule has 1 N–H and O–H groups in total. The van der Waals surface area contributed by atoms with Crippen LogP contribution in [0, 0.1) is 0 Å². The van der Waals surface area contributed by atoms with Crippen LogP contribution in [0.25, 0.3) is 0 Å². The standard InChI is InChI=1S/C22H26N2O2/c25-22(26-16-17-5-2-1-3-6-17)23-20-10-9-18-11-13-24(21-7-4-8-21)14-12-19(18)15-20/h1-3,5-6,9-10,15,21H,4,7-8,11-14,16H2,(H,23,25). The van der Waals surface area contributed by atoms with E-state index in [0.717, 1.165) is 43.2 Å². The topological polar surface area (TPSA) is 41.6 Å². The number of rotatable bonds is 4. The molecule has 136 valence electrons. The first-order valence-electron chi connectivity index (χ1n) is 9.61. The summed E-state index contributed by atoms with van der Waals surface area (Å²) in [5.74, 6) is 0. The van der Waals surface area contributed by atoms with Crippen LogP contribution in [0.4, 0.5) is 10.5 Å². The molecule has 26 heavy (non-hydrogen) atoms. The van der Waals surface area contributed by atoms with Crippen molar-refractivity contribution in [3.63, 3.8) is 0 Å². The van der Waals surface area contributed by atoms with E-state index in [1.54, 1.807) is 0 Å². The van der Waals surface area contributed by atoms with Gasteiger partial charge in [0, 0.05) is 24.8 Å². The van der Waals surface area contributed by atoms with Crippen molar-refractivity contribution in [1.29, 1.82) is 0 Å². The van der Waals surface area contributed by atoms with Gasteiger partial charge in [-0.1, -0.05) is 42.8 Å². The molecule has 0 bridgehead atoms. The van der Waals surface area contributed by atoms with Crippen LogP contribution in [0.1, 0.15) is 36.0 Å². The number of hydrogen-bond donors (Lipinski definition) is 1. The Balaban J connectivity index is 1.34. The lowest BCUT2D eigenvalue weighted by Crippen LogP contribution is -2.41. The summed E-state index contributed by atoms with van der Waals surface area (Å²) in [5, 5.41) is 2.86. The Morgan fingerprint density at radius 3 is 2.54 bits per heavy atom. The van der Waals surface area contributed by atoms with Gasteiger partial charge < -0.3 is 4.74 Å². The summed E-state index contributed by atoms with van der Waals surface area (Å²) in [6, 6.07) is 16.8. The Bertz CT molecular complexity index is 756. The number of carbonyl (C=O) groups is 1. The van der Waals surface area contributed by atoms with Crippen molar-refractivity contribution in [2.24, 2.45) is 0 Å². The second-order valence-corrected chi connectivity index (χ2v) is 7.29. The molecule has 0 saturated heterocycles. The van der Waals surface area contributed by atoms with Crippen LogP contribution in [-0.2, 0) is 24.2 Å². The summed E-state index contributed by atoms with van der Waals surface area (Å²) in [5.41, 5.74) is 4.57. The average molecular weight is 350 g/mol. The van der Waals surface area contributed by atoms with Crippen molar-refractivity contribution in [3.05, 3.63) is 65.2 Å². The highest BCUT2D eigenvalue weighted by Crippen LogP contribution is 2.28. The predicted molar refractivity (Wildman–Crippen MR) is 103 cm³/mol. The van der Waals surface area contributed by atoms with E-state index in [-0.39, 0.29) is 6.61 Å². The molecule has 1 aliphatic carbocycles. The molecule has 0 atom stereocenters. The monoisotopic (exact) mass is 350 g/mol. The molecule has 1 saturated carbocycles. The van der Waals surface area contributed by atoms with Gasteiger partial charge in [0.2, 0.25) is 0 Å². The zero-order chi connectivity index (χ0) is 17.8. The maximum absolute atomic E-state index is 12.1. The minimum absolute atomic E-state index is 0.286. The largest absolute Gasteiger partial charge is 0.444 e. The lowest BCUT2D eigenvalue weighted by Gasteiger charge is -2.36. The van der Waals surface area contributed by atoms with Gasteiger partial charge in [0.25, 0.3) is 0 Å². The van der Waals surface area contributed by atoms with Gasteiger partial charge in [-0.3, -0.25) is 10.2 Å². The number of nitrogens with zero attached hydrogens (tertiary/aromatic N) is 1. The zero-order valence-corrected chi connectivity index (χ0v) is 15.1. The van der Waals surface area contributed by atoms with Crippen LogP contribution in [-0.4, -0.2) is 30.1 Å². The van der Waals surface area contributed by atoms with E-state index in [0.29, 0.717) is 0 Å². The Morgan fingerprint density at radius 1 is 1.04 bits per heavy atom. The van der Waals surface area contributed by atoms with Gasteiger partial charge in [0.15, 0.2) is 0 Å². The molecule has 4 heteroatoms. The van der Waals surface area contributed by atoms with Gasteiger partial charge in [-0.15, -0.1) is 0 Å². The van der Waals surface area contributed by atoms with E-state index < -0.39 is 6.09 Å². The van der Waals surface area contributed by atoms with Crippen LogP contribution in [0.3, 0.4) is 0 Å². The van der Waals surface area contributed by atoms with E-state index in [1.165, 1.54) is 30.4 Å². The fraction of sp³-hybridized carbons (Fsp3) is 0.409. The number of amides is 1. The Labute approximate surface area is 155 Å². The van der Waals surface area contributed by atoms with Crippen LogP contribution in [0.2, 0.25) is 0 Å². The van der Waals surface area contributed by atoms with E-state index in [9.17, 15) is 4.79 Å². The van der Waals surface area contributed by atoms with Crippen LogP contribution in [0.5, 0.6) is 0 Å². The molecule has 1 heterocycles. The number of fused-ring (bicyclic) bond motifs is 1. The molecular weight excluding hydrogens is 324 g/mol.